The number of hydrogen-bond acceptors (Lipinski definition) is 3. The lowest BCUT2D eigenvalue weighted by molar-refractivity contribution is 0.0292. The Labute approximate surface area is 149 Å². The molecule has 1 unspecified atom stereocenters. The van der Waals surface area contributed by atoms with Crippen LogP contribution >= 0.6 is 0 Å². The van der Waals surface area contributed by atoms with Crippen LogP contribution in [0.2, 0.25) is 0 Å². The van der Waals surface area contributed by atoms with Gasteiger partial charge in [0.05, 0.1) is 5.69 Å². The van der Waals surface area contributed by atoms with Gasteiger partial charge in [-0.1, -0.05) is 30.3 Å². The summed E-state index contributed by atoms with van der Waals surface area (Å²) in [5.74, 6) is 0.261. The third-order valence-electron chi connectivity index (χ3n) is 4.45. The highest BCUT2D eigenvalue weighted by Gasteiger charge is 2.31. The second-order valence-electron chi connectivity index (χ2n) is 7.67. The average molecular weight is 338 g/mol. The van der Waals surface area contributed by atoms with E-state index in [1.54, 1.807) is 4.90 Å². The van der Waals surface area contributed by atoms with Gasteiger partial charge in [0, 0.05) is 30.3 Å². The number of aromatic nitrogens is 1. The Kier molecular flexibility index (Phi) is 4.80. The van der Waals surface area contributed by atoms with Crippen LogP contribution < -0.4 is 0 Å². The third kappa shape index (κ3) is 4.19. The number of amides is 1. The number of nitrogens with zero attached hydrogens (tertiary/aromatic N) is 2. The molecule has 0 radical (unpaired) electrons. The fourth-order valence-electron chi connectivity index (χ4n) is 3.18. The van der Waals surface area contributed by atoms with Crippen LogP contribution in [0, 0.1) is 6.92 Å². The van der Waals surface area contributed by atoms with E-state index in [4.69, 9.17) is 9.72 Å². The van der Waals surface area contributed by atoms with Crippen molar-refractivity contribution in [3.05, 3.63) is 53.7 Å². The first kappa shape index (κ1) is 17.5. The SMILES string of the molecule is Cc1ccccc1-c1cccc(C2CCN(C(=O)OC(C)(C)C)C2)n1. The molecule has 4 nitrogen and oxygen atoms in total. The number of benzene rings is 1. The van der Waals surface area contributed by atoms with Crippen LogP contribution in [-0.2, 0) is 4.74 Å². The summed E-state index contributed by atoms with van der Waals surface area (Å²) < 4.78 is 5.48. The molecule has 0 bridgehead atoms. The van der Waals surface area contributed by atoms with Gasteiger partial charge in [-0.3, -0.25) is 4.98 Å². The van der Waals surface area contributed by atoms with Crippen LogP contribution in [0.5, 0.6) is 0 Å². The van der Waals surface area contributed by atoms with Gasteiger partial charge in [0.25, 0.3) is 0 Å². The molecular weight excluding hydrogens is 312 g/mol. The highest BCUT2D eigenvalue weighted by atomic mass is 16.6. The number of hydrogen-bond donors (Lipinski definition) is 0. The summed E-state index contributed by atoms with van der Waals surface area (Å²) in [6.45, 7) is 9.17. The molecule has 0 N–H and O–H groups in total. The van der Waals surface area contributed by atoms with Crippen molar-refractivity contribution in [1.29, 1.82) is 0 Å². The summed E-state index contributed by atoms with van der Waals surface area (Å²) in [5.41, 5.74) is 3.96. The second-order valence-corrected chi connectivity index (χ2v) is 7.67. The number of ether oxygens (including phenoxy) is 1. The van der Waals surface area contributed by atoms with Gasteiger partial charge in [-0.15, -0.1) is 0 Å². The van der Waals surface area contributed by atoms with Gasteiger partial charge in [0.2, 0.25) is 0 Å². The van der Waals surface area contributed by atoms with E-state index in [2.05, 4.69) is 31.2 Å². The smallest absolute Gasteiger partial charge is 0.410 e. The molecule has 0 spiro atoms. The molecule has 0 aliphatic carbocycles. The van der Waals surface area contributed by atoms with Gasteiger partial charge in [-0.25, -0.2) is 4.79 Å². The molecule has 1 aliphatic rings. The summed E-state index contributed by atoms with van der Waals surface area (Å²) in [7, 11) is 0. The Morgan fingerprint density at radius 1 is 1.16 bits per heavy atom. The van der Waals surface area contributed by atoms with E-state index in [0.717, 1.165) is 29.9 Å². The van der Waals surface area contributed by atoms with Gasteiger partial charge in [-0.05, 0) is 51.8 Å². The second kappa shape index (κ2) is 6.87. The Morgan fingerprint density at radius 2 is 1.92 bits per heavy atom. The molecule has 1 amide bonds. The van der Waals surface area contributed by atoms with Crippen molar-refractivity contribution in [3.63, 3.8) is 0 Å². The van der Waals surface area contributed by atoms with Crippen LogP contribution in [0.1, 0.15) is 44.4 Å². The zero-order chi connectivity index (χ0) is 18.0. The molecule has 1 saturated heterocycles. The molecule has 1 fully saturated rings. The van der Waals surface area contributed by atoms with Gasteiger partial charge in [0.1, 0.15) is 5.60 Å². The van der Waals surface area contributed by atoms with Gasteiger partial charge < -0.3 is 9.64 Å². The minimum atomic E-state index is -0.460. The number of carbonyl (C=O) groups excluding carboxylic acids is 1. The third-order valence-corrected chi connectivity index (χ3v) is 4.45. The average Bonchev–Trinajstić information content (AvgIpc) is 3.04. The normalized spacial score (nSPS) is 17.6. The van der Waals surface area contributed by atoms with Crippen LogP contribution in [-0.4, -0.2) is 34.7 Å². The number of aryl methyl sites for hydroxylation is 1. The molecule has 132 valence electrons. The van der Waals surface area contributed by atoms with E-state index in [9.17, 15) is 4.79 Å². The topological polar surface area (TPSA) is 42.4 Å². The van der Waals surface area contributed by atoms with Crippen LogP contribution in [0.15, 0.2) is 42.5 Å². The summed E-state index contributed by atoms with van der Waals surface area (Å²) in [6.07, 6.45) is 0.689. The first-order valence-electron chi connectivity index (χ1n) is 8.84. The standard InChI is InChI=1S/C21H26N2O2/c1-15-8-5-6-9-17(15)19-11-7-10-18(22-19)16-12-13-23(14-16)20(24)25-21(2,3)4/h5-11,16H,12-14H2,1-4H3. The van der Waals surface area contributed by atoms with Gasteiger partial charge in [0.15, 0.2) is 0 Å². The first-order valence-corrected chi connectivity index (χ1v) is 8.84. The summed E-state index contributed by atoms with van der Waals surface area (Å²) >= 11 is 0. The van der Waals surface area contributed by atoms with E-state index in [1.807, 2.05) is 39.0 Å². The number of pyridine rings is 1. The van der Waals surface area contributed by atoms with Crippen molar-refractivity contribution < 1.29 is 9.53 Å². The molecule has 1 aliphatic heterocycles. The fraction of sp³-hybridized carbons (Fsp3) is 0.429. The molecule has 25 heavy (non-hydrogen) atoms. The zero-order valence-corrected chi connectivity index (χ0v) is 15.5. The van der Waals surface area contributed by atoms with Crippen LogP contribution in [0.4, 0.5) is 4.79 Å². The van der Waals surface area contributed by atoms with E-state index in [-0.39, 0.29) is 12.0 Å². The van der Waals surface area contributed by atoms with E-state index in [1.165, 1.54) is 5.56 Å². The first-order chi connectivity index (χ1) is 11.8. The lowest BCUT2D eigenvalue weighted by Crippen LogP contribution is -2.35. The molecule has 0 saturated carbocycles. The highest BCUT2D eigenvalue weighted by molar-refractivity contribution is 5.68. The Balaban J connectivity index is 1.75. The predicted octanol–water partition coefficient (Wildman–Crippen LogP) is 4.78. The van der Waals surface area contributed by atoms with Crippen molar-refractivity contribution in [1.82, 2.24) is 9.88 Å². The quantitative estimate of drug-likeness (QED) is 0.791. The van der Waals surface area contributed by atoms with E-state index < -0.39 is 5.60 Å². The van der Waals surface area contributed by atoms with Gasteiger partial charge in [-0.2, -0.15) is 0 Å². The maximum atomic E-state index is 12.3. The largest absolute Gasteiger partial charge is 0.444 e. The minimum absolute atomic E-state index is 0.231. The van der Waals surface area contributed by atoms with Crippen LogP contribution in [0.25, 0.3) is 11.3 Å². The lowest BCUT2D eigenvalue weighted by atomic mass is 10.0. The molecule has 1 aromatic heterocycles. The Bertz CT molecular complexity index is 764. The monoisotopic (exact) mass is 338 g/mol. The van der Waals surface area contributed by atoms with Gasteiger partial charge >= 0.3 is 6.09 Å². The maximum absolute atomic E-state index is 12.3. The van der Waals surface area contributed by atoms with Crippen LogP contribution in [0.3, 0.4) is 0 Å². The molecule has 2 aromatic rings. The highest BCUT2D eigenvalue weighted by Crippen LogP contribution is 2.29. The Morgan fingerprint density at radius 3 is 2.64 bits per heavy atom. The summed E-state index contributed by atoms with van der Waals surface area (Å²) in [4.78, 5) is 18.9. The van der Waals surface area contributed by atoms with Crippen molar-refractivity contribution in [2.24, 2.45) is 0 Å². The van der Waals surface area contributed by atoms with E-state index >= 15 is 0 Å². The van der Waals surface area contributed by atoms with Crippen molar-refractivity contribution in [2.45, 2.75) is 45.6 Å². The molecule has 1 atom stereocenters. The number of carbonyl (C=O) groups is 1. The molecule has 3 rings (SSSR count). The predicted molar refractivity (Wildman–Crippen MR) is 99.6 cm³/mol. The fourth-order valence-corrected chi connectivity index (χ4v) is 3.18. The number of rotatable bonds is 2. The lowest BCUT2D eigenvalue weighted by Gasteiger charge is -2.24. The van der Waals surface area contributed by atoms with Crippen molar-refractivity contribution in [2.75, 3.05) is 13.1 Å². The molecule has 1 aromatic carbocycles. The maximum Gasteiger partial charge on any atom is 0.410 e. The van der Waals surface area contributed by atoms with Crippen molar-refractivity contribution in [3.8, 4) is 11.3 Å². The van der Waals surface area contributed by atoms with E-state index in [0.29, 0.717) is 6.54 Å². The van der Waals surface area contributed by atoms with Crippen molar-refractivity contribution >= 4 is 6.09 Å². The molecule has 4 heteroatoms. The molecule has 2 heterocycles. The summed E-state index contributed by atoms with van der Waals surface area (Å²) in [6, 6.07) is 14.4. The molecular formula is C21H26N2O2. The number of likely N-dealkylation sites (tertiary alicyclic amines) is 1. The minimum Gasteiger partial charge on any atom is -0.444 e. The summed E-state index contributed by atoms with van der Waals surface area (Å²) in [5, 5.41) is 0. The Hall–Kier alpha value is -2.36. The zero-order valence-electron chi connectivity index (χ0n) is 15.5.